The van der Waals surface area contributed by atoms with Gasteiger partial charge in [-0.3, -0.25) is 9.59 Å². The molecule has 1 heterocycles. The zero-order valence-electron chi connectivity index (χ0n) is 11.0. The molecule has 0 amide bonds. The third-order valence-electron chi connectivity index (χ3n) is 2.98. The maximum atomic E-state index is 11.9. The molecule has 0 atom stereocenters. The molecule has 2 rings (SSSR count). The van der Waals surface area contributed by atoms with Crippen molar-refractivity contribution < 1.29 is 4.74 Å². The van der Waals surface area contributed by atoms with Crippen LogP contribution in [0.2, 0.25) is 0 Å². The van der Waals surface area contributed by atoms with Gasteiger partial charge in [-0.25, -0.2) is 0 Å². The molecule has 2 aromatic rings. The summed E-state index contributed by atoms with van der Waals surface area (Å²) >= 11 is 0. The Bertz CT molecular complexity index is 668. The molecule has 0 aliphatic heterocycles. The number of hydrogen-bond acceptors (Lipinski definition) is 3. The van der Waals surface area contributed by atoms with Crippen LogP contribution in [0.1, 0.15) is 12.5 Å². The van der Waals surface area contributed by atoms with Gasteiger partial charge < -0.3 is 13.9 Å². The van der Waals surface area contributed by atoms with Crippen molar-refractivity contribution in [2.24, 2.45) is 0 Å². The van der Waals surface area contributed by atoms with E-state index in [-0.39, 0.29) is 0 Å². The summed E-state index contributed by atoms with van der Waals surface area (Å²) in [6, 6.07) is 7.40. The van der Waals surface area contributed by atoms with Crippen LogP contribution in [0, 0.1) is 0 Å². The van der Waals surface area contributed by atoms with Gasteiger partial charge in [-0.15, -0.1) is 0 Å². The van der Waals surface area contributed by atoms with E-state index in [1.807, 2.05) is 31.2 Å². The van der Waals surface area contributed by atoms with Crippen LogP contribution >= 0.6 is 0 Å². The highest BCUT2D eigenvalue weighted by atomic mass is 16.5. The molecule has 0 spiro atoms. The number of ether oxygens (including phenoxy) is 1. The first-order chi connectivity index (χ1) is 9.15. The Morgan fingerprint density at radius 3 is 2.16 bits per heavy atom. The molecule has 0 bridgehead atoms. The fraction of sp³-hybridized carbons (Fsp3) is 0.286. The Morgan fingerprint density at radius 1 is 1.00 bits per heavy atom. The normalized spacial score (nSPS) is 10.4. The smallest absolute Gasteiger partial charge is 0.316 e. The molecule has 0 saturated heterocycles. The number of rotatable bonds is 4. The summed E-state index contributed by atoms with van der Waals surface area (Å²) in [5.74, 6) is 0.762. The molecule has 0 saturated carbocycles. The van der Waals surface area contributed by atoms with Crippen molar-refractivity contribution in [1.82, 2.24) is 9.13 Å². The molecule has 0 aliphatic carbocycles. The lowest BCUT2D eigenvalue weighted by Gasteiger charge is -2.08. The summed E-state index contributed by atoms with van der Waals surface area (Å²) in [5, 5.41) is 0. The lowest BCUT2D eigenvalue weighted by Crippen LogP contribution is -2.40. The molecular formula is C14H16N2O3. The monoisotopic (exact) mass is 260 g/mol. The van der Waals surface area contributed by atoms with E-state index in [1.165, 1.54) is 9.13 Å². The molecule has 0 radical (unpaired) electrons. The second-order valence-corrected chi connectivity index (χ2v) is 4.17. The summed E-state index contributed by atoms with van der Waals surface area (Å²) in [4.78, 5) is 23.6. The van der Waals surface area contributed by atoms with Crippen LogP contribution in [0.3, 0.4) is 0 Å². The number of nitrogens with zero attached hydrogens (tertiary/aromatic N) is 2. The lowest BCUT2D eigenvalue weighted by atomic mass is 10.2. The fourth-order valence-electron chi connectivity index (χ4n) is 1.84. The summed E-state index contributed by atoms with van der Waals surface area (Å²) in [5.41, 5.74) is -0.0461. The van der Waals surface area contributed by atoms with Gasteiger partial charge in [-0.2, -0.15) is 0 Å². The lowest BCUT2D eigenvalue weighted by molar-refractivity contribution is 0.414. The molecule has 5 heteroatoms. The molecule has 0 fully saturated rings. The molecule has 0 N–H and O–H groups in total. The Hall–Kier alpha value is -2.30. The van der Waals surface area contributed by atoms with Crippen LogP contribution in [0.25, 0.3) is 0 Å². The first-order valence-corrected chi connectivity index (χ1v) is 6.08. The largest absolute Gasteiger partial charge is 0.497 e. The fourth-order valence-corrected chi connectivity index (χ4v) is 1.84. The van der Waals surface area contributed by atoms with Gasteiger partial charge in [0.2, 0.25) is 0 Å². The van der Waals surface area contributed by atoms with E-state index in [9.17, 15) is 9.59 Å². The van der Waals surface area contributed by atoms with Crippen molar-refractivity contribution in [2.45, 2.75) is 20.0 Å². The molecular weight excluding hydrogens is 244 g/mol. The maximum absolute atomic E-state index is 11.9. The van der Waals surface area contributed by atoms with Crippen LogP contribution < -0.4 is 15.9 Å². The first kappa shape index (κ1) is 13.1. The van der Waals surface area contributed by atoms with Crippen molar-refractivity contribution in [3.63, 3.8) is 0 Å². The van der Waals surface area contributed by atoms with Gasteiger partial charge in [0.1, 0.15) is 5.75 Å². The molecule has 0 unspecified atom stereocenters. The predicted molar refractivity (Wildman–Crippen MR) is 72.7 cm³/mol. The summed E-state index contributed by atoms with van der Waals surface area (Å²) < 4.78 is 7.88. The Balaban J connectivity index is 2.31. The van der Waals surface area contributed by atoms with Gasteiger partial charge in [-0.05, 0) is 24.6 Å². The molecule has 5 nitrogen and oxygen atoms in total. The Labute approximate surface area is 110 Å². The quantitative estimate of drug-likeness (QED) is 0.773. The zero-order chi connectivity index (χ0) is 13.8. The van der Waals surface area contributed by atoms with Crippen molar-refractivity contribution in [2.75, 3.05) is 7.11 Å². The first-order valence-electron chi connectivity index (χ1n) is 6.08. The van der Waals surface area contributed by atoms with Gasteiger partial charge in [-0.1, -0.05) is 12.1 Å². The number of aromatic nitrogens is 2. The van der Waals surface area contributed by atoms with Crippen LogP contribution in [-0.2, 0) is 13.1 Å². The zero-order valence-corrected chi connectivity index (χ0v) is 11.0. The average molecular weight is 260 g/mol. The van der Waals surface area contributed by atoms with Gasteiger partial charge in [0.25, 0.3) is 0 Å². The van der Waals surface area contributed by atoms with Crippen LogP contribution in [0.4, 0.5) is 0 Å². The van der Waals surface area contributed by atoms with Gasteiger partial charge in [0.05, 0.1) is 13.7 Å². The second-order valence-electron chi connectivity index (χ2n) is 4.17. The topological polar surface area (TPSA) is 53.2 Å². The van der Waals surface area contributed by atoms with Gasteiger partial charge >= 0.3 is 11.1 Å². The van der Waals surface area contributed by atoms with E-state index in [2.05, 4.69) is 0 Å². The maximum Gasteiger partial charge on any atom is 0.316 e. The van der Waals surface area contributed by atoms with Crippen molar-refractivity contribution in [3.05, 3.63) is 62.9 Å². The highest BCUT2D eigenvalue weighted by molar-refractivity contribution is 5.27. The van der Waals surface area contributed by atoms with Gasteiger partial charge in [0, 0.05) is 18.9 Å². The van der Waals surface area contributed by atoms with E-state index in [0.29, 0.717) is 13.1 Å². The summed E-state index contributed by atoms with van der Waals surface area (Å²) in [6.07, 6.45) is 3.27. The third-order valence-corrected chi connectivity index (χ3v) is 2.98. The standard InChI is InChI=1S/C14H16N2O3/c1-3-15-8-9-16(14(18)13(15)17)10-11-4-6-12(19-2)7-5-11/h4-9H,3,10H2,1-2H3. The molecule has 19 heavy (non-hydrogen) atoms. The van der Waals surface area contributed by atoms with Crippen molar-refractivity contribution >= 4 is 0 Å². The van der Waals surface area contributed by atoms with Crippen molar-refractivity contribution in [1.29, 1.82) is 0 Å². The van der Waals surface area contributed by atoms with Crippen LogP contribution in [0.5, 0.6) is 5.75 Å². The van der Waals surface area contributed by atoms with E-state index in [1.54, 1.807) is 19.5 Å². The van der Waals surface area contributed by atoms with E-state index in [0.717, 1.165) is 11.3 Å². The van der Waals surface area contributed by atoms with E-state index >= 15 is 0 Å². The SMILES string of the molecule is CCn1ccn(Cc2ccc(OC)cc2)c(=O)c1=O. The number of benzene rings is 1. The van der Waals surface area contributed by atoms with E-state index in [4.69, 9.17) is 4.74 Å². The summed E-state index contributed by atoms with van der Waals surface area (Å²) in [7, 11) is 1.60. The summed E-state index contributed by atoms with van der Waals surface area (Å²) in [6.45, 7) is 2.70. The Kier molecular flexibility index (Phi) is 3.85. The molecule has 100 valence electrons. The van der Waals surface area contributed by atoms with Crippen LogP contribution in [-0.4, -0.2) is 16.2 Å². The number of aryl methyl sites for hydroxylation is 1. The second kappa shape index (κ2) is 5.56. The highest BCUT2D eigenvalue weighted by Gasteiger charge is 2.04. The van der Waals surface area contributed by atoms with E-state index < -0.39 is 11.1 Å². The predicted octanol–water partition coefficient (Wildman–Crippen LogP) is 1.09. The number of methoxy groups -OCH3 is 1. The van der Waals surface area contributed by atoms with Gasteiger partial charge in [0.15, 0.2) is 0 Å². The highest BCUT2D eigenvalue weighted by Crippen LogP contribution is 2.11. The Morgan fingerprint density at radius 2 is 1.58 bits per heavy atom. The van der Waals surface area contributed by atoms with Crippen LogP contribution in [0.15, 0.2) is 46.2 Å². The van der Waals surface area contributed by atoms with Crippen molar-refractivity contribution in [3.8, 4) is 5.75 Å². The molecule has 0 aliphatic rings. The average Bonchev–Trinajstić information content (AvgIpc) is 2.45. The minimum atomic E-state index is -0.500. The minimum Gasteiger partial charge on any atom is -0.497 e. The minimum absolute atomic E-state index is 0.378. The molecule has 1 aromatic heterocycles. The number of hydrogen-bond donors (Lipinski definition) is 0. The molecule has 1 aromatic carbocycles. The third kappa shape index (κ3) is 2.76.